The van der Waals surface area contributed by atoms with Gasteiger partial charge in [-0.2, -0.15) is 0 Å². The third-order valence-corrected chi connectivity index (χ3v) is 4.77. The van der Waals surface area contributed by atoms with Crippen LogP contribution in [0.25, 0.3) is 0 Å². The SMILES string of the molecule is C=CCOc1cc(C(CCC)NC(=O)C2CSC(C(C)=O)=N2)oc(=O)c1. The summed E-state index contributed by atoms with van der Waals surface area (Å²) in [6.07, 6.45) is 2.93. The van der Waals surface area contributed by atoms with E-state index in [1.54, 1.807) is 12.1 Å². The summed E-state index contributed by atoms with van der Waals surface area (Å²) in [6, 6.07) is 1.74. The highest BCUT2D eigenvalue weighted by Crippen LogP contribution is 2.24. The molecule has 1 aliphatic rings. The van der Waals surface area contributed by atoms with E-state index in [9.17, 15) is 14.4 Å². The van der Waals surface area contributed by atoms with Gasteiger partial charge in [0.05, 0.1) is 12.1 Å². The third kappa shape index (κ3) is 5.32. The topological polar surface area (TPSA) is 98.0 Å². The molecule has 0 aromatic carbocycles. The van der Waals surface area contributed by atoms with Crippen molar-refractivity contribution in [2.75, 3.05) is 12.4 Å². The zero-order valence-electron chi connectivity index (χ0n) is 14.8. The van der Waals surface area contributed by atoms with Crippen molar-refractivity contribution in [2.24, 2.45) is 4.99 Å². The second-order valence-electron chi connectivity index (χ2n) is 5.78. The van der Waals surface area contributed by atoms with E-state index in [0.29, 0.717) is 28.7 Å². The number of Topliss-reactive ketones (excluding diaryl/α,β-unsaturated/α-hetero) is 1. The second kappa shape index (κ2) is 9.38. The number of amides is 1. The molecule has 2 atom stereocenters. The molecular formula is C18H22N2O5S. The Hall–Kier alpha value is -2.35. The van der Waals surface area contributed by atoms with E-state index >= 15 is 0 Å². The molecule has 2 unspecified atom stereocenters. The van der Waals surface area contributed by atoms with E-state index in [4.69, 9.17) is 9.15 Å². The number of hydrogen-bond donors (Lipinski definition) is 1. The minimum absolute atomic E-state index is 0.145. The fourth-order valence-corrected chi connectivity index (χ4v) is 3.37. The molecule has 26 heavy (non-hydrogen) atoms. The monoisotopic (exact) mass is 378 g/mol. The van der Waals surface area contributed by atoms with Crippen LogP contribution in [-0.2, 0) is 9.59 Å². The Morgan fingerprint density at radius 3 is 2.92 bits per heavy atom. The molecule has 140 valence electrons. The zero-order valence-corrected chi connectivity index (χ0v) is 15.6. The lowest BCUT2D eigenvalue weighted by molar-refractivity contribution is -0.122. The molecule has 1 aliphatic heterocycles. The number of nitrogens with one attached hydrogen (secondary N) is 1. The lowest BCUT2D eigenvalue weighted by Crippen LogP contribution is -2.37. The molecule has 8 heteroatoms. The van der Waals surface area contributed by atoms with E-state index in [2.05, 4.69) is 16.9 Å². The highest BCUT2D eigenvalue weighted by Gasteiger charge is 2.29. The van der Waals surface area contributed by atoms with Crippen molar-refractivity contribution in [2.45, 2.75) is 38.8 Å². The quantitative estimate of drug-likeness (QED) is 0.662. The van der Waals surface area contributed by atoms with Crippen LogP contribution in [0.15, 0.2) is 39.0 Å². The molecule has 0 saturated heterocycles. The standard InChI is InChI=1S/C18H22N2O5S/c1-4-6-13(15-8-12(24-7-5-2)9-16(22)25-15)19-17(23)14-10-26-18(20-14)11(3)21/h5,8-9,13-14H,2,4,6-7,10H2,1,3H3,(H,19,23). The molecule has 0 radical (unpaired) electrons. The van der Waals surface area contributed by atoms with Crippen LogP contribution in [-0.4, -0.2) is 35.1 Å². The summed E-state index contributed by atoms with van der Waals surface area (Å²) in [5, 5.41) is 3.23. The van der Waals surface area contributed by atoms with Crippen LogP contribution in [0.5, 0.6) is 5.75 Å². The maximum Gasteiger partial charge on any atom is 0.339 e. The summed E-state index contributed by atoms with van der Waals surface area (Å²) in [6.45, 7) is 7.22. The maximum atomic E-state index is 12.5. The lowest BCUT2D eigenvalue weighted by Gasteiger charge is -2.19. The first-order valence-electron chi connectivity index (χ1n) is 8.35. The van der Waals surface area contributed by atoms with Gasteiger partial charge in [-0.05, 0) is 6.42 Å². The molecule has 0 saturated carbocycles. The van der Waals surface area contributed by atoms with Gasteiger partial charge in [-0.25, -0.2) is 4.79 Å². The van der Waals surface area contributed by atoms with Crippen LogP contribution in [0, 0.1) is 0 Å². The maximum absolute atomic E-state index is 12.5. The molecule has 1 N–H and O–H groups in total. The first kappa shape index (κ1) is 20.0. The second-order valence-corrected chi connectivity index (χ2v) is 6.79. The summed E-state index contributed by atoms with van der Waals surface area (Å²) in [5.74, 6) is 0.667. The first-order chi connectivity index (χ1) is 12.4. The number of nitrogens with zero attached hydrogens (tertiary/aromatic N) is 1. The van der Waals surface area contributed by atoms with Gasteiger partial charge in [0.1, 0.15) is 29.2 Å². The number of ketones is 1. The highest BCUT2D eigenvalue weighted by molar-refractivity contribution is 8.16. The summed E-state index contributed by atoms with van der Waals surface area (Å²) >= 11 is 1.27. The highest BCUT2D eigenvalue weighted by atomic mass is 32.2. The third-order valence-electron chi connectivity index (χ3n) is 3.62. The summed E-state index contributed by atoms with van der Waals surface area (Å²) in [7, 11) is 0. The van der Waals surface area contributed by atoms with Crippen LogP contribution >= 0.6 is 11.8 Å². The van der Waals surface area contributed by atoms with Crippen LogP contribution in [0.1, 0.15) is 38.5 Å². The van der Waals surface area contributed by atoms with E-state index in [0.717, 1.165) is 6.42 Å². The van der Waals surface area contributed by atoms with Gasteiger partial charge in [0.2, 0.25) is 5.91 Å². The molecule has 0 fully saturated rings. The number of rotatable bonds is 9. The van der Waals surface area contributed by atoms with Gasteiger partial charge in [-0.15, -0.1) is 11.8 Å². The van der Waals surface area contributed by atoms with Crippen molar-refractivity contribution in [3.63, 3.8) is 0 Å². The van der Waals surface area contributed by atoms with Gasteiger partial charge in [0.15, 0.2) is 5.78 Å². The average molecular weight is 378 g/mol. The number of thioether (sulfide) groups is 1. The van der Waals surface area contributed by atoms with Gasteiger partial charge in [-0.1, -0.05) is 26.0 Å². The predicted octanol–water partition coefficient (Wildman–Crippen LogP) is 2.26. The molecule has 1 amide bonds. The Morgan fingerprint density at radius 2 is 2.31 bits per heavy atom. The molecule has 2 rings (SSSR count). The van der Waals surface area contributed by atoms with Crippen LogP contribution in [0.2, 0.25) is 0 Å². The van der Waals surface area contributed by atoms with Gasteiger partial charge in [0.25, 0.3) is 0 Å². The number of ether oxygens (including phenoxy) is 1. The number of carbonyl (C=O) groups excluding carboxylic acids is 2. The molecule has 2 heterocycles. The Morgan fingerprint density at radius 1 is 1.54 bits per heavy atom. The largest absolute Gasteiger partial charge is 0.489 e. The van der Waals surface area contributed by atoms with Gasteiger partial charge < -0.3 is 14.5 Å². The molecule has 0 aliphatic carbocycles. The summed E-state index contributed by atoms with van der Waals surface area (Å²) < 4.78 is 10.7. The normalized spacial score (nSPS) is 17.3. The number of hydrogen-bond acceptors (Lipinski definition) is 7. The van der Waals surface area contributed by atoms with Crippen molar-refractivity contribution in [1.82, 2.24) is 5.32 Å². The van der Waals surface area contributed by atoms with Crippen molar-refractivity contribution < 1.29 is 18.7 Å². The number of carbonyl (C=O) groups is 2. The molecule has 7 nitrogen and oxygen atoms in total. The van der Waals surface area contributed by atoms with Gasteiger partial charge in [-0.3, -0.25) is 14.6 Å². The van der Waals surface area contributed by atoms with Crippen molar-refractivity contribution in [3.8, 4) is 5.75 Å². The van der Waals surface area contributed by atoms with Crippen LogP contribution in [0.4, 0.5) is 0 Å². The fraction of sp³-hybridized carbons (Fsp3) is 0.444. The minimum Gasteiger partial charge on any atom is -0.489 e. The Labute approximate surface area is 155 Å². The zero-order chi connectivity index (χ0) is 19.1. The van der Waals surface area contributed by atoms with E-state index < -0.39 is 17.7 Å². The molecular weight excluding hydrogens is 356 g/mol. The van der Waals surface area contributed by atoms with E-state index in [1.165, 1.54) is 24.8 Å². The molecule has 1 aromatic heterocycles. The smallest absolute Gasteiger partial charge is 0.339 e. The predicted molar refractivity (Wildman–Crippen MR) is 101 cm³/mol. The molecule has 1 aromatic rings. The van der Waals surface area contributed by atoms with Crippen molar-refractivity contribution in [1.29, 1.82) is 0 Å². The molecule has 0 spiro atoms. The minimum atomic E-state index is -0.620. The summed E-state index contributed by atoms with van der Waals surface area (Å²) in [5.41, 5.74) is -0.551. The van der Waals surface area contributed by atoms with Crippen LogP contribution in [0.3, 0.4) is 0 Å². The fourth-order valence-electron chi connectivity index (χ4n) is 2.43. The Kier molecular flexibility index (Phi) is 7.20. The summed E-state index contributed by atoms with van der Waals surface area (Å²) in [4.78, 5) is 39.8. The van der Waals surface area contributed by atoms with E-state index in [1.807, 2.05) is 6.92 Å². The molecule has 0 bridgehead atoms. The van der Waals surface area contributed by atoms with E-state index in [-0.39, 0.29) is 18.3 Å². The first-order valence-corrected chi connectivity index (χ1v) is 9.33. The van der Waals surface area contributed by atoms with Crippen molar-refractivity contribution in [3.05, 3.63) is 41.0 Å². The Bertz CT molecular complexity index is 771. The van der Waals surface area contributed by atoms with Gasteiger partial charge in [0, 0.05) is 18.7 Å². The Balaban J connectivity index is 2.17. The van der Waals surface area contributed by atoms with Crippen LogP contribution < -0.4 is 15.7 Å². The number of aliphatic imine (C=N–C) groups is 1. The average Bonchev–Trinajstić information content (AvgIpc) is 3.09. The van der Waals surface area contributed by atoms with Gasteiger partial charge >= 0.3 is 5.63 Å². The lowest BCUT2D eigenvalue weighted by atomic mass is 10.1. The van der Waals surface area contributed by atoms with Crippen molar-refractivity contribution >= 4 is 28.5 Å².